The molecule has 0 bridgehead atoms. The summed E-state index contributed by atoms with van der Waals surface area (Å²) < 4.78 is 4.93. The van der Waals surface area contributed by atoms with Crippen LogP contribution in [0.5, 0.6) is 0 Å². The Morgan fingerprint density at radius 3 is 3.27 bits per heavy atom. The van der Waals surface area contributed by atoms with Crippen molar-refractivity contribution in [3.05, 3.63) is 15.8 Å². The molecule has 0 unspecified atom stereocenters. The number of rotatable bonds is 2. The molecule has 0 spiro atoms. The van der Waals surface area contributed by atoms with Gasteiger partial charge in [0.2, 0.25) is 0 Å². The number of hydroxylamine groups is 1. The molecule has 0 aromatic carbocycles. The Labute approximate surface area is 92.0 Å². The normalized spacial score (nSPS) is 14.9. The van der Waals surface area contributed by atoms with Crippen LogP contribution in [-0.2, 0) is 11.2 Å². The van der Waals surface area contributed by atoms with Crippen LogP contribution < -0.4 is 5.06 Å². The minimum atomic E-state index is -0.351. The maximum atomic E-state index is 11.6. The highest BCUT2D eigenvalue weighted by molar-refractivity contribution is 7.11. The van der Waals surface area contributed by atoms with Gasteiger partial charge in [-0.05, 0) is 19.8 Å². The largest absolute Gasteiger partial charge is 0.462 e. The lowest BCUT2D eigenvalue weighted by atomic mass is 10.1. The van der Waals surface area contributed by atoms with Gasteiger partial charge in [-0.3, -0.25) is 10.3 Å². The number of anilines is 1. The second-order valence-electron chi connectivity index (χ2n) is 3.37. The van der Waals surface area contributed by atoms with Gasteiger partial charge in [-0.15, -0.1) is 11.3 Å². The van der Waals surface area contributed by atoms with E-state index in [1.807, 2.05) is 0 Å². The fourth-order valence-corrected chi connectivity index (χ4v) is 2.76. The quantitative estimate of drug-likeness (QED) is 0.786. The number of carbonyl (C=O) groups is 1. The second kappa shape index (κ2) is 4.20. The summed E-state index contributed by atoms with van der Waals surface area (Å²) in [6, 6.07) is 0. The molecule has 0 atom stereocenters. The van der Waals surface area contributed by atoms with Crippen molar-refractivity contribution in [3.63, 3.8) is 0 Å². The van der Waals surface area contributed by atoms with Gasteiger partial charge in [0.05, 0.1) is 17.9 Å². The maximum absolute atomic E-state index is 11.6. The molecule has 1 aliphatic heterocycles. The van der Waals surface area contributed by atoms with Gasteiger partial charge in [0.15, 0.2) is 0 Å². The Bertz CT molecular complexity index is 375. The number of carbonyl (C=O) groups excluding carboxylic acids is 1. The summed E-state index contributed by atoms with van der Waals surface area (Å²) in [6.07, 6.45) is 1.85. The Hall–Kier alpha value is -1.07. The first kappa shape index (κ1) is 10.4. The number of thiophene rings is 1. The summed E-state index contributed by atoms with van der Waals surface area (Å²) in [6.45, 7) is 2.71. The van der Waals surface area contributed by atoms with Crippen LogP contribution in [-0.4, -0.2) is 24.3 Å². The van der Waals surface area contributed by atoms with E-state index in [0.29, 0.717) is 24.4 Å². The van der Waals surface area contributed by atoms with Crippen molar-refractivity contribution >= 4 is 23.0 Å². The lowest BCUT2D eigenvalue weighted by Crippen LogP contribution is -2.26. The van der Waals surface area contributed by atoms with Gasteiger partial charge >= 0.3 is 5.97 Å². The second-order valence-corrected chi connectivity index (χ2v) is 4.33. The first-order valence-electron chi connectivity index (χ1n) is 4.98. The molecule has 0 aliphatic carbocycles. The zero-order valence-corrected chi connectivity index (χ0v) is 9.34. The monoisotopic (exact) mass is 227 g/mol. The van der Waals surface area contributed by atoms with E-state index in [1.54, 1.807) is 12.3 Å². The third kappa shape index (κ3) is 1.85. The molecule has 15 heavy (non-hydrogen) atoms. The van der Waals surface area contributed by atoms with Gasteiger partial charge in [0.1, 0.15) is 0 Å². The van der Waals surface area contributed by atoms with Gasteiger partial charge in [0, 0.05) is 16.8 Å². The van der Waals surface area contributed by atoms with Crippen LogP contribution in [0.25, 0.3) is 0 Å². The molecule has 4 nitrogen and oxygen atoms in total. The summed E-state index contributed by atoms with van der Waals surface area (Å²) in [5.74, 6) is -0.351. The zero-order chi connectivity index (χ0) is 10.8. The molecule has 0 fully saturated rings. The minimum Gasteiger partial charge on any atom is -0.462 e. The molecule has 1 aliphatic rings. The predicted molar refractivity (Wildman–Crippen MR) is 57.7 cm³/mol. The van der Waals surface area contributed by atoms with Gasteiger partial charge in [-0.25, -0.2) is 4.79 Å². The molecule has 0 amide bonds. The summed E-state index contributed by atoms with van der Waals surface area (Å²) >= 11 is 1.51. The molecule has 1 aromatic heterocycles. The molecule has 1 aromatic rings. The van der Waals surface area contributed by atoms with E-state index in [9.17, 15) is 10.0 Å². The van der Waals surface area contributed by atoms with Crippen molar-refractivity contribution < 1.29 is 14.7 Å². The van der Waals surface area contributed by atoms with Gasteiger partial charge in [-0.1, -0.05) is 0 Å². The maximum Gasteiger partial charge on any atom is 0.341 e. The van der Waals surface area contributed by atoms with Crippen molar-refractivity contribution in [2.75, 3.05) is 18.2 Å². The molecule has 0 saturated carbocycles. The van der Waals surface area contributed by atoms with E-state index in [2.05, 4.69) is 0 Å². The molecule has 5 heteroatoms. The van der Waals surface area contributed by atoms with Crippen molar-refractivity contribution in [3.8, 4) is 0 Å². The molecule has 2 heterocycles. The third-order valence-corrected chi connectivity index (χ3v) is 3.40. The average Bonchev–Trinajstić information content (AvgIpc) is 2.63. The molecule has 2 rings (SSSR count). The van der Waals surface area contributed by atoms with Crippen LogP contribution in [0, 0.1) is 0 Å². The van der Waals surface area contributed by atoms with Gasteiger partial charge in [-0.2, -0.15) is 0 Å². The Morgan fingerprint density at radius 1 is 1.73 bits per heavy atom. The fraction of sp³-hybridized carbons (Fsp3) is 0.500. The number of aryl methyl sites for hydroxylation is 1. The van der Waals surface area contributed by atoms with Crippen LogP contribution in [0.3, 0.4) is 0 Å². The van der Waals surface area contributed by atoms with Crippen LogP contribution in [0.1, 0.15) is 28.6 Å². The molecule has 82 valence electrons. The van der Waals surface area contributed by atoms with E-state index in [1.165, 1.54) is 11.3 Å². The number of esters is 1. The van der Waals surface area contributed by atoms with E-state index in [0.717, 1.165) is 22.8 Å². The predicted octanol–water partition coefficient (Wildman–Crippen LogP) is 2.07. The molecule has 1 N–H and O–H groups in total. The van der Waals surface area contributed by atoms with E-state index >= 15 is 0 Å². The highest BCUT2D eigenvalue weighted by Crippen LogP contribution is 2.35. The highest BCUT2D eigenvalue weighted by Gasteiger charge is 2.25. The highest BCUT2D eigenvalue weighted by atomic mass is 32.1. The average molecular weight is 227 g/mol. The van der Waals surface area contributed by atoms with Crippen molar-refractivity contribution in [2.24, 2.45) is 0 Å². The molecule has 0 saturated heterocycles. The van der Waals surface area contributed by atoms with Gasteiger partial charge < -0.3 is 4.74 Å². The minimum absolute atomic E-state index is 0.351. The van der Waals surface area contributed by atoms with E-state index in [4.69, 9.17) is 4.74 Å². The topological polar surface area (TPSA) is 49.8 Å². The van der Waals surface area contributed by atoms with E-state index in [-0.39, 0.29) is 5.97 Å². The van der Waals surface area contributed by atoms with Gasteiger partial charge in [0.25, 0.3) is 0 Å². The van der Waals surface area contributed by atoms with Crippen LogP contribution in [0.15, 0.2) is 5.38 Å². The van der Waals surface area contributed by atoms with Crippen molar-refractivity contribution in [2.45, 2.75) is 19.8 Å². The summed E-state index contributed by atoms with van der Waals surface area (Å²) in [5.41, 5.74) is 1.13. The molecule has 0 radical (unpaired) electrons. The lowest BCUT2D eigenvalue weighted by molar-refractivity contribution is 0.0525. The number of fused-ring (bicyclic) bond motifs is 1. The Kier molecular flexibility index (Phi) is 2.93. The number of hydrogen-bond donors (Lipinski definition) is 1. The molecular weight excluding hydrogens is 214 g/mol. The first-order chi connectivity index (χ1) is 7.24. The Balaban J connectivity index is 2.33. The number of hydrogen-bond acceptors (Lipinski definition) is 5. The number of nitrogens with zero attached hydrogens (tertiary/aromatic N) is 1. The Morgan fingerprint density at radius 2 is 2.53 bits per heavy atom. The summed E-state index contributed by atoms with van der Waals surface area (Å²) in [7, 11) is 0. The standard InChI is InChI=1S/C10H13NO3S/c1-2-14-10(12)7-6-15-8-4-3-5-11(13)9(7)8/h6,13H,2-5H2,1H3. The molecular formula is C10H13NO3S. The smallest absolute Gasteiger partial charge is 0.341 e. The SMILES string of the molecule is CCOC(=O)c1csc2c1N(O)CCC2. The lowest BCUT2D eigenvalue weighted by Gasteiger charge is -2.23. The van der Waals surface area contributed by atoms with Crippen molar-refractivity contribution in [1.82, 2.24) is 0 Å². The zero-order valence-electron chi connectivity index (χ0n) is 8.52. The fourth-order valence-electron chi connectivity index (χ4n) is 1.71. The van der Waals surface area contributed by atoms with Crippen LogP contribution >= 0.6 is 11.3 Å². The number of ether oxygens (including phenoxy) is 1. The van der Waals surface area contributed by atoms with Crippen LogP contribution in [0.2, 0.25) is 0 Å². The summed E-state index contributed by atoms with van der Waals surface area (Å²) in [5, 5.41) is 12.6. The summed E-state index contributed by atoms with van der Waals surface area (Å²) in [4.78, 5) is 12.6. The van der Waals surface area contributed by atoms with Crippen molar-refractivity contribution in [1.29, 1.82) is 0 Å². The third-order valence-electron chi connectivity index (χ3n) is 2.37. The van der Waals surface area contributed by atoms with Crippen LogP contribution in [0.4, 0.5) is 5.69 Å². The first-order valence-corrected chi connectivity index (χ1v) is 5.86. The van der Waals surface area contributed by atoms with E-state index < -0.39 is 0 Å².